The number of carbonyl (C=O) groups is 1. The quantitative estimate of drug-likeness (QED) is 0.825. The molecule has 0 amide bonds. The van der Waals surface area contributed by atoms with Crippen molar-refractivity contribution in [2.75, 3.05) is 5.75 Å². The number of rotatable bonds is 4. The van der Waals surface area contributed by atoms with Gasteiger partial charge in [0.15, 0.2) is 0 Å². The molecule has 2 rings (SSSR count). The Hall–Kier alpha value is -1.89. The number of aromatic nitrogens is 3. The minimum atomic E-state index is -0.924. The van der Waals surface area contributed by atoms with Gasteiger partial charge in [-0.25, -0.2) is 0 Å². The van der Waals surface area contributed by atoms with Crippen molar-refractivity contribution in [1.29, 1.82) is 0 Å². The fourth-order valence-corrected chi connectivity index (χ4v) is 1.59. The van der Waals surface area contributed by atoms with Gasteiger partial charge in [0, 0.05) is 11.9 Å². The highest BCUT2D eigenvalue weighted by molar-refractivity contribution is 7.99. The van der Waals surface area contributed by atoms with Crippen molar-refractivity contribution in [2.24, 2.45) is 0 Å². The maximum absolute atomic E-state index is 10.4. The van der Waals surface area contributed by atoms with E-state index in [9.17, 15) is 4.79 Å². The van der Waals surface area contributed by atoms with Crippen LogP contribution in [-0.2, 0) is 4.79 Å². The summed E-state index contributed by atoms with van der Waals surface area (Å²) in [4.78, 5) is 14.5. The Morgan fingerprint density at radius 3 is 2.94 bits per heavy atom. The largest absolute Gasteiger partial charge is 0.481 e. The molecule has 0 spiro atoms. The lowest BCUT2D eigenvalue weighted by molar-refractivity contribution is -0.133. The molecule has 0 radical (unpaired) electrons. The molecule has 0 bridgehead atoms. The van der Waals surface area contributed by atoms with Gasteiger partial charge in [0.05, 0.1) is 5.56 Å². The van der Waals surface area contributed by atoms with Crippen LogP contribution in [0.2, 0.25) is 0 Å². The summed E-state index contributed by atoms with van der Waals surface area (Å²) >= 11 is 0.987. The summed E-state index contributed by atoms with van der Waals surface area (Å²) in [5.74, 6) is -0.689. The Bertz CT molecular complexity index is 524. The fraction of sp³-hybridized carbons (Fsp3) is 0.200. The van der Waals surface area contributed by atoms with E-state index in [0.717, 1.165) is 17.5 Å². The fourth-order valence-electron chi connectivity index (χ4n) is 1.10. The molecule has 0 fully saturated rings. The number of carboxylic acid groups (broad SMARTS) is 1. The summed E-state index contributed by atoms with van der Waals surface area (Å²) in [6.07, 6.45) is 1.63. The molecule has 0 aliphatic heterocycles. The molecule has 0 atom stereocenters. The van der Waals surface area contributed by atoms with Crippen molar-refractivity contribution in [1.82, 2.24) is 15.2 Å². The van der Waals surface area contributed by atoms with Crippen molar-refractivity contribution in [3.63, 3.8) is 0 Å². The van der Waals surface area contributed by atoms with Gasteiger partial charge in [-0.1, -0.05) is 11.8 Å². The SMILES string of the molecule is Cc1ccc(-c2nnc(SCC(=O)O)o2)cn1. The van der Waals surface area contributed by atoms with Gasteiger partial charge in [0.25, 0.3) is 5.22 Å². The van der Waals surface area contributed by atoms with Crippen molar-refractivity contribution >= 4 is 17.7 Å². The Balaban J connectivity index is 2.12. The van der Waals surface area contributed by atoms with E-state index in [-0.39, 0.29) is 11.0 Å². The van der Waals surface area contributed by atoms with E-state index in [4.69, 9.17) is 9.52 Å². The van der Waals surface area contributed by atoms with E-state index < -0.39 is 5.97 Å². The van der Waals surface area contributed by atoms with Crippen LogP contribution < -0.4 is 0 Å². The van der Waals surface area contributed by atoms with Crippen molar-refractivity contribution in [2.45, 2.75) is 12.1 Å². The zero-order valence-electron chi connectivity index (χ0n) is 8.95. The molecule has 6 nitrogen and oxygen atoms in total. The number of pyridine rings is 1. The smallest absolute Gasteiger partial charge is 0.314 e. The van der Waals surface area contributed by atoms with E-state index in [0.29, 0.717) is 11.5 Å². The zero-order valence-corrected chi connectivity index (χ0v) is 9.77. The Morgan fingerprint density at radius 2 is 2.29 bits per heavy atom. The minimum absolute atomic E-state index is 0.103. The van der Waals surface area contributed by atoms with Gasteiger partial charge in [0.2, 0.25) is 5.89 Å². The van der Waals surface area contributed by atoms with Gasteiger partial charge >= 0.3 is 5.97 Å². The Labute approximate surface area is 101 Å². The Morgan fingerprint density at radius 1 is 1.47 bits per heavy atom. The summed E-state index contributed by atoms with van der Waals surface area (Å²) in [5.41, 5.74) is 1.61. The molecular formula is C10H9N3O3S. The lowest BCUT2D eigenvalue weighted by Gasteiger charge is -1.94. The number of aliphatic carboxylic acids is 1. The third kappa shape index (κ3) is 3.04. The molecule has 0 saturated heterocycles. The van der Waals surface area contributed by atoms with Crippen LogP contribution in [0.25, 0.3) is 11.5 Å². The van der Waals surface area contributed by atoms with Crippen LogP contribution in [0, 0.1) is 6.92 Å². The summed E-state index contributed by atoms with van der Waals surface area (Å²) in [6.45, 7) is 1.88. The minimum Gasteiger partial charge on any atom is -0.481 e. The van der Waals surface area contributed by atoms with Crippen LogP contribution in [0.1, 0.15) is 5.69 Å². The number of thioether (sulfide) groups is 1. The van der Waals surface area contributed by atoms with Crippen molar-refractivity contribution in [3.05, 3.63) is 24.0 Å². The molecule has 7 heteroatoms. The van der Waals surface area contributed by atoms with Crippen LogP contribution in [0.3, 0.4) is 0 Å². The number of aryl methyl sites for hydroxylation is 1. The summed E-state index contributed by atoms with van der Waals surface area (Å²) in [6, 6.07) is 3.66. The van der Waals surface area contributed by atoms with E-state index in [1.54, 1.807) is 6.20 Å². The van der Waals surface area contributed by atoms with E-state index in [1.165, 1.54) is 0 Å². The van der Waals surface area contributed by atoms with Gasteiger partial charge in [0.1, 0.15) is 5.75 Å². The highest BCUT2D eigenvalue weighted by Crippen LogP contribution is 2.22. The monoisotopic (exact) mass is 251 g/mol. The molecule has 2 heterocycles. The average Bonchev–Trinajstić information content (AvgIpc) is 2.76. The van der Waals surface area contributed by atoms with Gasteiger partial charge < -0.3 is 9.52 Å². The number of nitrogens with zero attached hydrogens (tertiary/aromatic N) is 3. The summed E-state index contributed by atoms with van der Waals surface area (Å²) in [5, 5.41) is 16.3. The predicted molar refractivity (Wildman–Crippen MR) is 60.6 cm³/mol. The second-order valence-corrected chi connectivity index (χ2v) is 4.17. The first-order chi connectivity index (χ1) is 8.15. The van der Waals surface area contributed by atoms with Gasteiger partial charge in [-0.2, -0.15) is 0 Å². The van der Waals surface area contributed by atoms with Crippen LogP contribution in [0.4, 0.5) is 0 Å². The van der Waals surface area contributed by atoms with Crippen molar-refractivity contribution < 1.29 is 14.3 Å². The van der Waals surface area contributed by atoms with E-state index >= 15 is 0 Å². The number of hydrogen-bond acceptors (Lipinski definition) is 6. The van der Waals surface area contributed by atoms with E-state index in [2.05, 4.69) is 15.2 Å². The lowest BCUT2D eigenvalue weighted by atomic mass is 10.2. The molecule has 0 aliphatic carbocycles. The topological polar surface area (TPSA) is 89.1 Å². The molecule has 2 aromatic heterocycles. The summed E-state index contributed by atoms with van der Waals surface area (Å²) in [7, 11) is 0. The molecule has 88 valence electrons. The van der Waals surface area contributed by atoms with Crippen LogP contribution in [0.15, 0.2) is 28.0 Å². The third-order valence-electron chi connectivity index (χ3n) is 1.88. The first-order valence-electron chi connectivity index (χ1n) is 4.76. The van der Waals surface area contributed by atoms with Gasteiger partial charge in [-0.15, -0.1) is 10.2 Å². The normalized spacial score (nSPS) is 10.4. The predicted octanol–water partition coefficient (Wildman–Crippen LogP) is 1.62. The molecule has 1 N–H and O–H groups in total. The number of carboxylic acids is 1. The van der Waals surface area contributed by atoms with E-state index in [1.807, 2.05) is 19.1 Å². The molecule has 2 aromatic rings. The molecule has 0 aromatic carbocycles. The Kier molecular flexibility index (Phi) is 3.38. The third-order valence-corrected chi connectivity index (χ3v) is 2.69. The van der Waals surface area contributed by atoms with Crippen molar-refractivity contribution in [3.8, 4) is 11.5 Å². The van der Waals surface area contributed by atoms with Gasteiger partial charge in [-0.05, 0) is 19.1 Å². The first-order valence-corrected chi connectivity index (χ1v) is 5.75. The summed E-state index contributed by atoms with van der Waals surface area (Å²) < 4.78 is 5.30. The number of hydrogen-bond donors (Lipinski definition) is 1. The highest BCUT2D eigenvalue weighted by atomic mass is 32.2. The maximum atomic E-state index is 10.4. The highest BCUT2D eigenvalue weighted by Gasteiger charge is 2.10. The molecule has 0 aliphatic rings. The molecule has 0 saturated carbocycles. The molecule has 0 unspecified atom stereocenters. The second kappa shape index (κ2) is 4.96. The lowest BCUT2D eigenvalue weighted by Crippen LogP contribution is -1.97. The maximum Gasteiger partial charge on any atom is 0.314 e. The average molecular weight is 251 g/mol. The molecular weight excluding hydrogens is 242 g/mol. The van der Waals surface area contributed by atoms with Crippen LogP contribution in [-0.4, -0.2) is 32.0 Å². The van der Waals surface area contributed by atoms with Gasteiger partial charge in [-0.3, -0.25) is 9.78 Å². The van der Waals surface area contributed by atoms with Crippen LogP contribution in [0.5, 0.6) is 0 Å². The first kappa shape index (κ1) is 11.6. The van der Waals surface area contributed by atoms with Crippen LogP contribution >= 0.6 is 11.8 Å². The second-order valence-electron chi connectivity index (χ2n) is 3.24. The zero-order chi connectivity index (χ0) is 12.3. The standard InChI is InChI=1S/C10H9N3O3S/c1-6-2-3-7(4-11-6)9-12-13-10(16-9)17-5-8(14)15/h2-4H,5H2,1H3,(H,14,15). The molecule has 17 heavy (non-hydrogen) atoms.